The average molecular weight is 276 g/mol. The molecule has 1 unspecified atom stereocenters. The molecule has 1 aromatic rings. The number of carboxylic acid groups (broad SMARTS) is 1. The van der Waals surface area contributed by atoms with Crippen LogP contribution in [0.15, 0.2) is 22.7 Å². The molecule has 0 radical (unpaired) electrons. The van der Waals surface area contributed by atoms with Crippen molar-refractivity contribution in [2.24, 2.45) is 5.73 Å². The van der Waals surface area contributed by atoms with Crippen LogP contribution < -0.4 is 5.73 Å². The molecular weight excluding hydrogens is 265 g/mol. The topological polar surface area (TPSA) is 63.3 Å². The zero-order valence-corrected chi connectivity index (χ0v) is 9.50. The molecule has 3 N–H and O–H groups in total. The van der Waals surface area contributed by atoms with Gasteiger partial charge < -0.3 is 10.8 Å². The Bertz CT molecular complexity index is 370. The van der Waals surface area contributed by atoms with Gasteiger partial charge in [-0.3, -0.25) is 4.79 Å². The zero-order valence-electron chi connectivity index (χ0n) is 7.91. The summed E-state index contributed by atoms with van der Waals surface area (Å²) in [5.41, 5.74) is 5.46. The summed E-state index contributed by atoms with van der Waals surface area (Å²) in [6.45, 7) is 0.211. The van der Waals surface area contributed by atoms with E-state index >= 15 is 0 Å². The van der Waals surface area contributed by atoms with Gasteiger partial charge in [0.1, 0.15) is 5.82 Å². The Morgan fingerprint density at radius 1 is 1.60 bits per heavy atom. The molecule has 1 atom stereocenters. The lowest BCUT2D eigenvalue weighted by atomic mass is 9.95. The maximum Gasteiger partial charge on any atom is 0.311 e. The molecule has 0 saturated carbocycles. The largest absolute Gasteiger partial charge is 0.481 e. The van der Waals surface area contributed by atoms with Crippen molar-refractivity contribution in [3.05, 3.63) is 34.1 Å². The zero-order chi connectivity index (χ0) is 11.4. The molecule has 3 nitrogen and oxygen atoms in total. The Kier molecular flexibility index (Phi) is 4.23. The van der Waals surface area contributed by atoms with Crippen LogP contribution in [0, 0.1) is 5.82 Å². The van der Waals surface area contributed by atoms with Crippen molar-refractivity contribution in [1.82, 2.24) is 0 Å². The Labute approximate surface area is 95.2 Å². The number of hydrogen-bond donors (Lipinski definition) is 2. The van der Waals surface area contributed by atoms with Crippen LogP contribution in [0.3, 0.4) is 0 Å². The minimum absolute atomic E-state index is 0.169. The smallest absolute Gasteiger partial charge is 0.311 e. The lowest BCUT2D eigenvalue weighted by Crippen LogP contribution is -2.17. The second-order valence-electron chi connectivity index (χ2n) is 3.13. The van der Waals surface area contributed by atoms with Crippen LogP contribution in [-0.2, 0) is 4.79 Å². The first-order chi connectivity index (χ1) is 7.06. The summed E-state index contributed by atoms with van der Waals surface area (Å²) in [5, 5.41) is 8.94. The van der Waals surface area contributed by atoms with E-state index < -0.39 is 17.7 Å². The van der Waals surface area contributed by atoms with Gasteiger partial charge in [0.2, 0.25) is 0 Å². The number of hydrogen-bond acceptors (Lipinski definition) is 2. The van der Waals surface area contributed by atoms with Crippen molar-refractivity contribution in [3.8, 4) is 0 Å². The van der Waals surface area contributed by atoms with E-state index in [-0.39, 0.29) is 18.5 Å². The molecule has 0 aliphatic carbocycles. The normalized spacial score (nSPS) is 12.5. The minimum atomic E-state index is -1.06. The average Bonchev–Trinajstić information content (AvgIpc) is 2.18. The van der Waals surface area contributed by atoms with E-state index in [4.69, 9.17) is 10.8 Å². The van der Waals surface area contributed by atoms with Crippen molar-refractivity contribution in [2.75, 3.05) is 6.54 Å². The van der Waals surface area contributed by atoms with Crippen LogP contribution in [-0.4, -0.2) is 17.6 Å². The number of carbonyl (C=O) groups is 1. The molecule has 82 valence electrons. The van der Waals surface area contributed by atoms with Gasteiger partial charge in [-0.05, 0) is 31.2 Å². The monoisotopic (exact) mass is 275 g/mol. The fourth-order valence-corrected chi connectivity index (χ4v) is 1.74. The van der Waals surface area contributed by atoms with Crippen molar-refractivity contribution < 1.29 is 14.3 Å². The molecule has 15 heavy (non-hydrogen) atoms. The predicted molar refractivity (Wildman–Crippen MR) is 58.1 cm³/mol. The van der Waals surface area contributed by atoms with Gasteiger partial charge in [0, 0.05) is 10.0 Å². The molecular formula is C10H11BrFNO2. The highest BCUT2D eigenvalue weighted by molar-refractivity contribution is 9.10. The number of carboxylic acids is 1. The van der Waals surface area contributed by atoms with Gasteiger partial charge in [-0.2, -0.15) is 0 Å². The van der Waals surface area contributed by atoms with Gasteiger partial charge in [-0.1, -0.05) is 15.9 Å². The molecule has 0 aliphatic heterocycles. The fourth-order valence-electron chi connectivity index (χ4n) is 1.36. The Balaban J connectivity index is 3.09. The van der Waals surface area contributed by atoms with Gasteiger partial charge in [-0.25, -0.2) is 4.39 Å². The highest BCUT2D eigenvalue weighted by atomic mass is 79.9. The van der Waals surface area contributed by atoms with Gasteiger partial charge in [0.25, 0.3) is 0 Å². The third-order valence-corrected chi connectivity index (χ3v) is 2.58. The number of benzene rings is 1. The van der Waals surface area contributed by atoms with E-state index in [1.165, 1.54) is 18.2 Å². The summed E-state index contributed by atoms with van der Waals surface area (Å²) in [5.74, 6) is -2.45. The van der Waals surface area contributed by atoms with Gasteiger partial charge in [0.15, 0.2) is 0 Å². The molecule has 0 saturated heterocycles. The van der Waals surface area contributed by atoms with Crippen LogP contribution in [0.2, 0.25) is 0 Å². The first-order valence-electron chi connectivity index (χ1n) is 4.44. The third kappa shape index (κ3) is 3.00. The lowest BCUT2D eigenvalue weighted by Gasteiger charge is -2.12. The van der Waals surface area contributed by atoms with Gasteiger partial charge in [-0.15, -0.1) is 0 Å². The molecule has 1 rings (SSSR count). The minimum Gasteiger partial charge on any atom is -0.481 e. The summed E-state index contributed by atoms with van der Waals surface area (Å²) in [6, 6.07) is 4.25. The second kappa shape index (κ2) is 5.23. The molecule has 0 heterocycles. The van der Waals surface area contributed by atoms with E-state index in [1.54, 1.807) is 0 Å². The highest BCUT2D eigenvalue weighted by Gasteiger charge is 2.22. The number of rotatable bonds is 4. The molecule has 0 spiro atoms. The molecule has 5 heteroatoms. The van der Waals surface area contributed by atoms with Crippen molar-refractivity contribution in [3.63, 3.8) is 0 Å². The summed E-state index contributed by atoms with van der Waals surface area (Å²) < 4.78 is 14.0. The van der Waals surface area contributed by atoms with Crippen LogP contribution in [0.5, 0.6) is 0 Å². The standard InChI is InChI=1S/C10H11BrFNO2/c11-6-1-2-9(12)8(5-6)7(3-4-13)10(14)15/h1-2,5,7H,3-4,13H2,(H,14,15). The van der Waals surface area contributed by atoms with Crippen molar-refractivity contribution >= 4 is 21.9 Å². The van der Waals surface area contributed by atoms with Crippen LogP contribution in [0.4, 0.5) is 4.39 Å². The molecule has 0 fully saturated rings. The SMILES string of the molecule is NCCC(C(=O)O)c1cc(Br)ccc1F. The third-order valence-electron chi connectivity index (χ3n) is 2.09. The van der Waals surface area contributed by atoms with Crippen LogP contribution in [0.1, 0.15) is 17.9 Å². The fraction of sp³-hybridized carbons (Fsp3) is 0.300. The van der Waals surface area contributed by atoms with E-state index in [0.717, 1.165) is 0 Å². The second-order valence-corrected chi connectivity index (χ2v) is 4.05. The maximum atomic E-state index is 13.4. The first-order valence-corrected chi connectivity index (χ1v) is 5.23. The maximum absolute atomic E-state index is 13.4. The first kappa shape index (κ1) is 12.1. The molecule has 0 amide bonds. The van der Waals surface area contributed by atoms with Crippen LogP contribution in [0.25, 0.3) is 0 Å². The summed E-state index contributed by atoms with van der Waals surface area (Å²) >= 11 is 3.17. The van der Waals surface area contributed by atoms with Crippen molar-refractivity contribution in [1.29, 1.82) is 0 Å². The lowest BCUT2D eigenvalue weighted by molar-refractivity contribution is -0.139. The highest BCUT2D eigenvalue weighted by Crippen LogP contribution is 2.25. The summed E-state index contributed by atoms with van der Waals surface area (Å²) in [7, 11) is 0. The molecule has 1 aromatic carbocycles. The van der Waals surface area contributed by atoms with Gasteiger partial charge in [0.05, 0.1) is 5.92 Å². The van der Waals surface area contributed by atoms with E-state index in [0.29, 0.717) is 4.47 Å². The Hall–Kier alpha value is -0.940. The number of halogens is 2. The van der Waals surface area contributed by atoms with Crippen LogP contribution >= 0.6 is 15.9 Å². The summed E-state index contributed by atoms with van der Waals surface area (Å²) in [4.78, 5) is 10.9. The summed E-state index contributed by atoms with van der Waals surface area (Å²) in [6.07, 6.45) is 0.225. The van der Waals surface area contributed by atoms with E-state index in [2.05, 4.69) is 15.9 Å². The number of nitrogens with two attached hydrogens (primary N) is 1. The van der Waals surface area contributed by atoms with E-state index in [9.17, 15) is 9.18 Å². The Morgan fingerprint density at radius 2 is 2.27 bits per heavy atom. The predicted octanol–water partition coefficient (Wildman–Crippen LogP) is 2.11. The van der Waals surface area contributed by atoms with Crippen molar-refractivity contribution in [2.45, 2.75) is 12.3 Å². The molecule has 0 aliphatic rings. The van der Waals surface area contributed by atoms with Gasteiger partial charge >= 0.3 is 5.97 Å². The Morgan fingerprint density at radius 3 is 2.80 bits per heavy atom. The number of aliphatic carboxylic acids is 1. The van der Waals surface area contributed by atoms with E-state index in [1.807, 2.05) is 0 Å². The molecule has 0 aromatic heterocycles. The molecule has 0 bridgehead atoms. The quantitative estimate of drug-likeness (QED) is 0.885.